The second-order valence-electron chi connectivity index (χ2n) is 4.57. The van der Waals surface area contributed by atoms with E-state index in [4.69, 9.17) is 14.2 Å². The molecule has 2 rings (SSSR count). The molecule has 1 aromatic carbocycles. The second-order valence-corrected chi connectivity index (χ2v) is 6.34. The van der Waals surface area contributed by atoms with E-state index in [1.54, 1.807) is 30.3 Å². The van der Waals surface area contributed by atoms with Gasteiger partial charge in [0.05, 0.1) is 24.8 Å². The van der Waals surface area contributed by atoms with Gasteiger partial charge in [-0.15, -0.1) is 0 Å². The Morgan fingerprint density at radius 2 is 1.96 bits per heavy atom. The van der Waals surface area contributed by atoms with Crippen molar-refractivity contribution in [3.8, 4) is 11.6 Å². The van der Waals surface area contributed by atoms with Crippen LogP contribution in [0.1, 0.15) is 16.1 Å². The van der Waals surface area contributed by atoms with Crippen LogP contribution in [-0.4, -0.2) is 31.8 Å². The van der Waals surface area contributed by atoms with Crippen molar-refractivity contribution in [3.05, 3.63) is 50.5 Å². The lowest BCUT2D eigenvalue weighted by molar-refractivity contribution is 0.0502. The van der Waals surface area contributed by atoms with Gasteiger partial charge in [0, 0.05) is 22.1 Å². The van der Waals surface area contributed by atoms with E-state index in [-0.39, 0.29) is 19.0 Å². The van der Waals surface area contributed by atoms with Gasteiger partial charge >= 0.3 is 0 Å². The van der Waals surface area contributed by atoms with E-state index < -0.39 is 0 Å². The number of ketones is 1. The predicted octanol–water partition coefficient (Wildman–Crippen LogP) is 4.02. The Labute approximate surface area is 151 Å². The number of benzene rings is 1. The van der Waals surface area contributed by atoms with Crippen molar-refractivity contribution >= 4 is 37.6 Å². The third kappa shape index (κ3) is 4.76. The first-order valence-electron chi connectivity index (χ1n) is 6.69. The first-order valence-corrected chi connectivity index (χ1v) is 8.27. The summed E-state index contributed by atoms with van der Waals surface area (Å²) in [4.78, 5) is 16.9. The maximum absolute atomic E-state index is 12.6. The van der Waals surface area contributed by atoms with Gasteiger partial charge in [0.15, 0.2) is 12.6 Å². The molecule has 1 aromatic heterocycles. The van der Waals surface area contributed by atoms with Crippen LogP contribution in [0.15, 0.2) is 39.3 Å². The zero-order chi connectivity index (χ0) is 16.8. The van der Waals surface area contributed by atoms with E-state index in [0.29, 0.717) is 22.9 Å². The highest BCUT2D eigenvalue weighted by Crippen LogP contribution is 2.27. The molecule has 0 aliphatic carbocycles. The number of carbonyl (C=O) groups excluding carboxylic acids is 1. The van der Waals surface area contributed by atoms with E-state index in [1.807, 2.05) is 0 Å². The van der Waals surface area contributed by atoms with Crippen LogP contribution in [0.5, 0.6) is 11.6 Å². The fourth-order valence-corrected chi connectivity index (χ4v) is 2.62. The molecule has 23 heavy (non-hydrogen) atoms. The summed E-state index contributed by atoms with van der Waals surface area (Å²) in [5, 5.41) is 0. The van der Waals surface area contributed by atoms with Crippen LogP contribution in [0, 0.1) is 0 Å². The summed E-state index contributed by atoms with van der Waals surface area (Å²) in [7, 11) is 3.06. The highest BCUT2D eigenvalue weighted by molar-refractivity contribution is 9.10. The summed E-state index contributed by atoms with van der Waals surface area (Å²) in [5.74, 6) is 0.818. The van der Waals surface area contributed by atoms with Crippen LogP contribution in [0.4, 0.5) is 0 Å². The molecule has 5 nitrogen and oxygen atoms in total. The Bertz CT molecular complexity index is 706. The van der Waals surface area contributed by atoms with E-state index in [2.05, 4.69) is 36.8 Å². The first kappa shape index (κ1) is 17.9. The lowest BCUT2D eigenvalue weighted by Crippen LogP contribution is -2.10. The maximum atomic E-state index is 12.6. The van der Waals surface area contributed by atoms with Gasteiger partial charge in [-0.05, 0) is 40.2 Å². The van der Waals surface area contributed by atoms with Gasteiger partial charge in [0.25, 0.3) is 0 Å². The molecular weight excluding hydrogens is 430 g/mol. The Balaban J connectivity index is 2.27. The molecule has 0 atom stereocenters. The van der Waals surface area contributed by atoms with Crippen molar-refractivity contribution in [2.45, 2.75) is 6.42 Å². The zero-order valence-electron chi connectivity index (χ0n) is 12.6. The predicted molar refractivity (Wildman–Crippen MR) is 93.2 cm³/mol. The summed E-state index contributed by atoms with van der Waals surface area (Å²) in [6.07, 6.45) is 0.128. The van der Waals surface area contributed by atoms with E-state index in [9.17, 15) is 4.79 Å². The fraction of sp³-hybridized carbons (Fsp3) is 0.250. The zero-order valence-corrected chi connectivity index (χ0v) is 15.8. The molecule has 0 spiro atoms. The number of hydrogen-bond donors (Lipinski definition) is 0. The van der Waals surface area contributed by atoms with Crippen molar-refractivity contribution in [3.63, 3.8) is 0 Å². The molecule has 0 aliphatic rings. The van der Waals surface area contributed by atoms with E-state index >= 15 is 0 Å². The summed E-state index contributed by atoms with van der Waals surface area (Å²) < 4.78 is 17.0. The number of nitrogens with zero attached hydrogens (tertiary/aromatic N) is 1. The lowest BCUT2D eigenvalue weighted by atomic mass is 10.1. The molecule has 1 heterocycles. The molecule has 0 N–H and O–H groups in total. The molecule has 122 valence electrons. The minimum Gasteiger partial charge on any atom is -0.481 e. The van der Waals surface area contributed by atoms with Gasteiger partial charge in [-0.2, -0.15) is 0 Å². The van der Waals surface area contributed by atoms with Gasteiger partial charge in [-0.3, -0.25) is 4.79 Å². The van der Waals surface area contributed by atoms with Crippen LogP contribution in [0.25, 0.3) is 0 Å². The largest absolute Gasteiger partial charge is 0.481 e. The minimum absolute atomic E-state index is 0.0673. The molecule has 2 aromatic rings. The number of pyridine rings is 1. The van der Waals surface area contributed by atoms with Crippen molar-refractivity contribution in [2.75, 3.05) is 21.0 Å². The standard InChI is InChI=1S/C16H15Br2NO4/c1-21-9-23-15-7-10(17)3-4-11(15)14(20)8-13-12(18)5-6-16(19-13)22-2/h3-7H,8-9H2,1-2H3. The average Bonchev–Trinajstić information content (AvgIpc) is 2.54. The summed E-state index contributed by atoms with van der Waals surface area (Å²) in [6, 6.07) is 8.77. The van der Waals surface area contributed by atoms with Crippen LogP contribution < -0.4 is 9.47 Å². The van der Waals surface area contributed by atoms with Crippen molar-refractivity contribution in [2.24, 2.45) is 0 Å². The topological polar surface area (TPSA) is 57.7 Å². The number of methoxy groups -OCH3 is 2. The summed E-state index contributed by atoms with van der Waals surface area (Å²) in [5.41, 5.74) is 1.08. The number of hydrogen-bond acceptors (Lipinski definition) is 5. The number of Topliss-reactive ketones (excluding diaryl/α,β-unsaturated/α-hetero) is 1. The van der Waals surface area contributed by atoms with Crippen molar-refractivity contribution in [1.82, 2.24) is 4.98 Å². The number of rotatable bonds is 7. The molecule has 0 bridgehead atoms. The highest BCUT2D eigenvalue weighted by atomic mass is 79.9. The molecule has 0 saturated heterocycles. The molecule has 0 saturated carbocycles. The number of carbonyl (C=O) groups is 1. The third-order valence-corrected chi connectivity index (χ3v) is 4.22. The van der Waals surface area contributed by atoms with Crippen LogP contribution in [0.3, 0.4) is 0 Å². The Morgan fingerprint density at radius 1 is 1.17 bits per heavy atom. The maximum Gasteiger partial charge on any atom is 0.213 e. The smallest absolute Gasteiger partial charge is 0.213 e. The molecule has 0 amide bonds. The van der Waals surface area contributed by atoms with Crippen LogP contribution >= 0.6 is 31.9 Å². The van der Waals surface area contributed by atoms with Crippen molar-refractivity contribution < 1.29 is 19.0 Å². The number of aromatic nitrogens is 1. The van der Waals surface area contributed by atoms with Gasteiger partial charge in [0.2, 0.25) is 5.88 Å². The molecule has 0 fully saturated rings. The SMILES string of the molecule is COCOc1cc(Br)ccc1C(=O)Cc1nc(OC)ccc1Br. The lowest BCUT2D eigenvalue weighted by Gasteiger charge is -2.11. The normalized spacial score (nSPS) is 10.4. The average molecular weight is 445 g/mol. The van der Waals surface area contributed by atoms with E-state index in [1.165, 1.54) is 14.2 Å². The highest BCUT2D eigenvalue weighted by Gasteiger charge is 2.16. The van der Waals surface area contributed by atoms with Crippen LogP contribution in [0.2, 0.25) is 0 Å². The Kier molecular flexibility index (Phi) is 6.56. The van der Waals surface area contributed by atoms with Crippen LogP contribution in [-0.2, 0) is 11.2 Å². The molecule has 0 radical (unpaired) electrons. The number of halogens is 2. The van der Waals surface area contributed by atoms with Gasteiger partial charge in [-0.25, -0.2) is 4.98 Å². The second kappa shape index (κ2) is 8.42. The quantitative estimate of drug-likeness (QED) is 0.476. The van der Waals surface area contributed by atoms with Crippen molar-refractivity contribution in [1.29, 1.82) is 0 Å². The molecular formula is C16H15Br2NO4. The van der Waals surface area contributed by atoms with Gasteiger partial charge < -0.3 is 14.2 Å². The Hall–Kier alpha value is -1.44. The summed E-state index contributed by atoms with van der Waals surface area (Å²) >= 11 is 6.77. The van der Waals surface area contributed by atoms with Gasteiger partial charge in [-0.1, -0.05) is 15.9 Å². The molecule has 0 unspecified atom stereocenters. The fourth-order valence-electron chi connectivity index (χ4n) is 1.92. The third-order valence-electron chi connectivity index (χ3n) is 3.01. The number of ether oxygens (including phenoxy) is 3. The molecule has 7 heteroatoms. The minimum atomic E-state index is -0.106. The Morgan fingerprint density at radius 3 is 2.65 bits per heavy atom. The monoisotopic (exact) mass is 443 g/mol. The van der Waals surface area contributed by atoms with Gasteiger partial charge in [0.1, 0.15) is 5.75 Å². The molecule has 0 aliphatic heterocycles. The first-order chi connectivity index (χ1) is 11.0. The summed E-state index contributed by atoms with van der Waals surface area (Å²) in [6.45, 7) is 0.0673. The van der Waals surface area contributed by atoms with E-state index in [0.717, 1.165) is 8.95 Å².